The van der Waals surface area contributed by atoms with Crippen LogP contribution in [0.25, 0.3) is 0 Å². The van der Waals surface area contributed by atoms with Crippen molar-refractivity contribution in [2.45, 2.75) is 43.9 Å². The maximum absolute atomic E-state index is 12.2. The molecule has 18 heavy (non-hydrogen) atoms. The van der Waals surface area contributed by atoms with Crippen molar-refractivity contribution in [1.29, 1.82) is 0 Å². The molecule has 1 N–H and O–H groups in total. The second-order valence-electron chi connectivity index (χ2n) is 7.04. The Bertz CT molecular complexity index is 356. The molecule has 0 aliphatic heterocycles. The monoisotopic (exact) mass is 267 g/mol. The summed E-state index contributed by atoms with van der Waals surface area (Å²) >= 11 is 6.11. The molecule has 0 spiro atoms. The van der Waals surface area contributed by atoms with E-state index in [4.69, 9.17) is 11.6 Å². The van der Waals surface area contributed by atoms with Gasteiger partial charge in [-0.05, 0) is 68.1 Å². The van der Waals surface area contributed by atoms with Crippen molar-refractivity contribution in [2.24, 2.45) is 35.5 Å². The Kier molecular flexibility index (Phi) is 2.65. The zero-order valence-electron chi connectivity index (χ0n) is 10.8. The van der Waals surface area contributed by atoms with Crippen molar-refractivity contribution < 1.29 is 4.79 Å². The van der Waals surface area contributed by atoms with E-state index in [0.717, 1.165) is 43.1 Å². The van der Waals surface area contributed by atoms with Gasteiger partial charge in [-0.3, -0.25) is 4.79 Å². The quantitative estimate of drug-likeness (QED) is 0.783. The first-order valence-electron chi connectivity index (χ1n) is 7.66. The Labute approximate surface area is 114 Å². The lowest BCUT2D eigenvalue weighted by Crippen LogP contribution is -2.31. The van der Waals surface area contributed by atoms with Gasteiger partial charge in [0.2, 0.25) is 5.91 Å². The molecule has 4 saturated carbocycles. The highest BCUT2D eigenvalue weighted by Gasteiger charge is 2.67. The lowest BCUT2D eigenvalue weighted by Gasteiger charge is -2.13. The first-order valence-corrected chi connectivity index (χ1v) is 8.09. The van der Waals surface area contributed by atoms with Gasteiger partial charge in [0.05, 0.1) is 0 Å². The van der Waals surface area contributed by atoms with Gasteiger partial charge in [0.25, 0.3) is 0 Å². The number of carbonyl (C=O) groups is 1. The molecule has 6 atom stereocenters. The van der Waals surface area contributed by atoms with E-state index in [-0.39, 0.29) is 0 Å². The fourth-order valence-electron chi connectivity index (χ4n) is 5.24. The molecule has 0 saturated heterocycles. The first kappa shape index (κ1) is 11.6. The van der Waals surface area contributed by atoms with Gasteiger partial charge in [0, 0.05) is 17.8 Å². The van der Waals surface area contributed by atoms with Crippen molar-refractivity contribution >= 4 is 17.5 Å². The third-order valence-electron chi connectivity index (χ3n) is 6.08. The molecule has 4 aliphatic carbocycles. The molecule has 2 bridgehead atoms. The normalized spacial score (nSPS) is 52.4. The van der Waals surface area contributed by atoms with Crippen molar-refractivity contribution in [3.63, 3.8) is 0 Å². The summed E-state index contributed by atoms with van der Waals surface area (Å²) in [6.45, 7) is 0.868. The molecule has 0 heterocycles. The van der Waals surface area contributed by atoms with Crippen molar-refractivity contribution in [3.05, 3.63) is 0 Å². The smallest absolute Gasteiger partial charge is 0.223 e. The van der Waals surface area contributed by atoms with Crippen molar-refractivity contribution in [1.82, 2.24) is 5.32 Å². The summed E-state index contributed by atoms with van der Waals surface area (Å²) in [5.74, 6) is 4.72. The number of nitrogens with one attached hydrogen (secondary N) is 1. The van der Waals surface area contributed by atoms with Crippen LogP contribution in [0.3, 0.4) is 0 Å². The van der Waals surface area contributed by atoms with Crippen LogP contribution in [0, 0.1) is 35.5 Å². The molecule has 1 amide bonds. The van der Waals surface area contributed by atoms with Crippen LogP contribution in [0.15, 0.2) is 0 Å². The Balaban J connectivity index is 1.28. The second-order valence-corrected chi connectivity index (χ2v) is 7.65. The molecule has 0 radical (unpaired) electrons. The highest BCUT2D eigenvalue weighted by atomic mass is 35.5. The Hall–Kier alpha value is -0.240. The number of hydrogen-bond donors (Lipinski definition) is 1. The van der Waals surface area contributed by atoms with Gasteiger partial charge in [0.15, 0.2) is 0 Å². The van der Waals surface area contributed by atoms with E-state index >= 15 is 0 Å². The number of fused-ring (bicyclic) bond motifs is 5. The molecule has 2 nitrogen and oxygen atoms in total. The lowest BCUT2D eigenvalue weighted by atomic mass is 10.0. The van der Waals surface area contributed by atoms with Crippen LogP contribution in [0.4, 0.5) is 0 Å². The zero-order valence-corrected chi connectivity index (χ0v) is 11.5. The van der Waals surface area contributed by atoms with Gasteiger partial charge < -0.3 is 5.32 Å². The molecule has 6 unspecified atom stereocenters. The van der Waals surface area contributed by atoms with E-state index in [1.54, 1.807) is 0 Å². The third kappa shape index (κ3) is 1.71. The van der Waals surface area contributed by atoms with Gasteiger partial charge >= 0.3 is 0 Å². The maximum atomic E-state index is 12.2. The fourth-order valence-corrected chi connectivity index (χ4v) is 5.62. The number of alkyl halides is 1. The van der Waals surface area contributed by atoms with Gasteiger partial charge in [-0.2, -0.15) is 0 Å². The minimum Gasteiger partial charge on any atom is -0.356 e. The molecule has 100 valence electrons. The maximum Gasteiger partial charge on any atom is 0.223 e. The first-order chi connectivity index (χ1) is 8.74. The van der Waals surface area contributed by atoms with E-state index in [9.17, 15) is 4.79 Å². The molecular formula is C15H22ClNO. The number of halogens is 1. The van der Waals surface area contributed by atoms with E-state index in [2.05, 4.69) is 5.32 Å². The van der Waals surface area contributed by atoms with Gasteiger partial charge in [0.1, 0.15) is 0 Å². The topological polar surface area (TPSA) is 29.1 Å². The van der Waals surface area contributed by atoms with Crippen molar-refractivity contribution in [2.75, 3.05) is 6.54 Å². The van der Waals surface area contributed by atoms with Crippen LogP contribution in [0.5, 0.6) is 0 Å². The standard InChI is InChI=1S/C15H22ClNO/c16-11-4-1-8(5-11)7-17-15(18)14-12-9-2-3-10(6-9)13(12)14/h8-14H,1-7H2,(H,17,18). The molecule has 0 aromatic carbocycles. The Morgan fingerprint density at radius 3 is 2.39 bits per heavy atom. The largest absolute Gasteiger partial charge is 0.356 e. The number of hydrogen-bond acceptors (Lipinski definition) is 1. The highest BCUT2D eigenvalue weighted by Crippen LogP contribution is 2.69. The van der Waals surface area contributed by atoms with Crippen LogP contribution >= 0.6 is 11.6 Å². The van der Waals surface area contributed by atoms with Crippen LogP contribution < -0.4 is 5.32 Å². The molecule has 4 aliphatic rings. The average molecular weight is 268 g/mol. The predicted octanol–water partition coefficient (Wildman–Crippen LogP) is 2.80. The summed E-state index contributed by atoms with van der Waals surface area (Å²) in [5.41, 5.74) is 0. The molecule has 3 heteroatoms. The minimum atomic E-state index is 0.350. The molecule has 0 aromatic rings. The molecular weight excluding hydrogens is 246 g/mol. The Morgan fingerprint density at radius 2 is 1.78 bits per heavy atom. The average Bonchev–Trinajstić information content (AvgIpc) is 2.69. The van der Waals surface area contributed by atoms with Crippen LogP contribution in [-0.2, 0) is 4.79 Å². The van der Waals surface area contributed by atoms with Crippen molar-refractivity contribution in [3.8, 4) is 0 Å². The van der Waals surface area contributed by atoms with E-state index in [1.807, 2.05) is 0 Å². The summed E-state index contributed by atoms with van der Waals surface area (Å²) < 4.78 is 0. The van der Waals surface area contributed by atoms with Crippen LogP contribution in [0.2, 0.25) is 0 Å². The van der Waals surface area contributed by atoms with Gasteiger partial charge in [-0.25, -0.2) is 0 Å². The lowest BCUT2D eigenvalue weighted by molar-refractivity contribution is -0.123. The van der Waals surface area contributed by atoms with Gasteiger partial charge in [-0.15, -0.1) is 11.6 Å². The van der Waals surface area contributed by atoms with E-state index < -0.39 is 0 Å². The van der Waals surface area contributed by atoms with Crippen LogP contribution in [0.1, 0.15) is 38.5 Å². The number of rotatable bonds is 3. The molecule has 4 fully saturated rings. The summed E-state index contributed by atoms with van der Waals surface area (Å²) in [6.07, 6.45) is 7.62. The van der Waals surface area contributed by atoms with Gasteiger partial charge in [-0.1, -0.05) is 0 Å². The Morgan fingerprint density at radius 1 is 1.06 bits per heavy atom. The summed E-state index contributed by atoms with van der Waals surface area (Å²) in [5, 5.41) is 3.56. The molecule has 0 aromatic heterocycles. The third-order valence-corrected chi connectivity index (χ3v) is 6.48. The number of carbonyl (C=O) groups excluding carboxylic acids is 1. The predicted molar refractivity (Wildman–Crippen MR) is 71.3 cm³/mol. The fraction of sp³-hybridized carbons (Fsp3) is 0.933. The number of amides is 1. The zero-order chi connectivity index (χ0) is 12.3. The highest BCUT2D eigenvalue weighted by molar-refractivity contribution is 6.20. The molecule has 4 rings (SSSR count). The van der Waals surface area contributed by atoms with E-state index in [1.165, 1.54) is 25.7 Å². The second kappa shape index (κ2) is 4.13. The minimum absolute atomic E-state index is 0.350. The van der Waals surface area contributed by atoms with E-state index in [0.29, 0.717) is 23.1 Å². The summed E-state index contributed by atoms with van der Waals surface area (Å²) in [7, 11) is 0. The SMILES string of the molecule is O=C(NCC1CCC(Cl)C1)C1C2C3CCC(C3)C12. The summed E-state index contributed by atoms with van der Waals surface area (Å²) in [4.78, 5) is 12.2. The van der Waals surface area contributed by atoms with Crippen LogP contribution in [-0.4, -0.2) is 17.8 Å². The summed E-state index contributed by atoms with van der Waals surface area (Å²) in [6, 6.07) is 0.